The molecule has 2 saturated heterocycles. The molecule has 0 aromatic heterocycles. The first-order chi connectivity index (χ1) is 10.1. The number of nitrogens with one attached hydrogen (secondary N) is 1. The van der Waals surface area contributed by atoms with Gasteiger partial charge in [0.15, 0.2) is 5.17 Å². The summed E-state index contributed by atoms with van der Waals surface area (Å²) < 4.78 is 0. The van der Waals surface area contributed by atoms with Gasteiger partial charge < -0.3 is 10.2 Å². The number of thioether (sulfide) groups is 1. The van der Waals surface area contributed by atoms with Crippen molar-refractivity contribution < 1.29 is 0 Å². The molecule has 2 heterocycles. The van der Waals surface area contributed by atoms with Crippen molar-refractivity contribution in [2.45, 2.75) is 64.5 Å². The summed E-state index contributed by atoms with van der Waals surface area (Å²) in [4.78, 5) is 7.50. The third-order valence-electron chi connectivity index (χ3n) is 5.49. The second kappa shape index (κ2) is 6.49. The molecular weight excluding hydrogens is 278 g/mol. The third-order valence-corrected chi connectivity index (χ3v) is 6.69. The van der Waals surface area contributed by atoms with Gasteiger partial charge in [0.2, 0.25) is 0 Å². The molecule has 1 N–H and O–H groups in total. The Balaban J connectivity index is 1.50. The van der Waals surface area contributed by atoms with Crippen molar-refractivity contribution in [3.8, 4) is 0 Å². The predicted octanol–water partition coefficient (Wildman–Crippen LogP) is 3.36. The number of hydrogen-bond donors (Lipinski definition) is 1. The van der Waals surface area contributed by atoms with Gasteiger partial charge in [-0.3, -0.25) is 4.99 Å². The van der Waals surface area contributed by atoms with Gasteiger partial charge in [0, 0.05) is 30.4 Å². The summed E-state index contributed by atoms with van der Waals surface area (Å²) in [5, 5.41) is 5.02. The fourth-order valence-corrected chi connectivity index (χ4v) is 5.39. The Hall–Kier alpha value is -0.220. The Kier molecular flexibility index (Phi) is 4.84. The lowest BCUT2D eigenvalue weighted by Gasteiger charge is -2.36. The van der Waals surface area contributed by atoms with Crippen LogP contribution in [0, 0.1) is 11.8 Å². The lowest BCUT2D eigenvalue weighted by Crippen LogP contribution is -2.47. The van der Waals surface area contributed by atoms with Crippen molar-refractivity contribution >= 4 is 16.9 Å². The van der Waals surface area contributed by atoms with E-state index in [9.17, 15) is 0 Å². The molecule has 0 bridgehead atoms. The molecule has 3 nitrogen and oxygen atoms in total. The number of aliphatic imine (C=N–C) groups is 1. The van der Waals surface area contributed by atoms with E-state index in [4.69, 9.17) is 4.99 Å². The minimum absolute atomic E-state index is 0.376. The van der Waals surface area contributed by atoms with Gasteiger partial charge in [-0.15, -0.1) is 0 Å². The Labute approximate surface area is 134 Å². The van der Waals surface area contributed by atoms with E-state index in [-0.39, 0.29) is 0 Å². The number of hydrogen-bond acceptors (Lipinski definition) is 3. The lowest BCUT2D eigenvalue weighted by atomic mass is 9.78. The number of nitrogens with zero attached hydrogens (tertiary/aromatic N) is 2. The van der Waals surface area contributed by atoms with Crippen LogP contribution in [0.1, 0.15) is 52.9 Å². The maximum Gasteiger partial charge on any atom is 0.157 e. The van der Waals surface area contributed by atoms with Gasteiger partial charge in [-0.2, -0.15) is 0 Å². The smallest absolute Gasteiger partial charge is 0.157 e. The number of likely N-dealkylation sites (tertiary alicyclic amines) is 1. The molecule has 4 heteroatoms. The van der Waals surface area contributed by atoms with Gasteiger partial charge in [-0.05, 0) is 51.5 Å². The number of rotatable bonds is 3. The average molecular weight is 310 g/mol. The molecule has 3 rings (SSSR count). The number of amidine groups is 1. The van der Waals surface area contributed by atoms with Crippen molar-refractivity contribution in [3.05, 3.63) is 0 Å². The second-order valence-electron chi connectivity index (χ2n) is 7.78. The van der Waals surface area contributed by atoms with E-state index >= 15 is 0 Å². The van der Waals surface area contributed by atoms with E-state index in [1.54, 1.807) is 0 Å². The Bertz CT molecular complexity index is 395. The van der Waals surface area contributed by atoms with Crippen LogP contribution in [0.3, 0.4) is 0 Å². The molecule has 3 aliphatic rings. The minimum atomic E-state index is 0.376. The van der Waals surface area contributed by atoms with Crippen LogP contribution in [0.4, 0.5) is 0 Å². The van der Waals surface area contributed by atoms with Gasteiger partial charge in [-0.1, -0.05) is 31.5 Å². The first kappa shape index (κ1) is 15.7. The molecule has 0 radical (unpaired) electrons. The fourth-order valence-electron chi connectivity index (χ4n) is 4.19. The third kappa shape index (κ3) is 3.76. The van der Waals surface area contributed by atoms with E-state index in [0.29, 0.717) is 11.6 Å². The molecule has 1 saturated carbocycles. The van der Waals surface area contributed by atoms with E-state index in [2.05, 4.69) is 31.0 Å². The molecule has 0 aromatic carbocycles. The first-order valence-corrected chi connectivity index (χ1v) is 9.74. The summed E-state index contributed by atoms with van der Waals surface area (Å²) in [6.45, 7) is 10.5. The monoisotopic (exact) mass is 309 g/mol. The maximum absolute atomic E-state index is 4.92. The van der Waals surface area contributed by atoms with Crippen LogP contribution >= 0.6 is 11.8 Å². The van der Waals surface area contributed by atoms with Crippen molar-refractivity contribution in [2.75, 3.05) is 25.4 Å². The molecule has 1 spiro atoms. The minimum Gasteiger partial charge on any atom is -0.359 e. The Morgan fingerprint density at radius 1 is 1.43 bits per heavy atom. The molecular formula is C17H31N3S. The van der Waals surface area contributed by atoms with E-state index in [0.717, 1.165) is 18.4 Å². The molecule has 3 atom stereocenters. The summed E-state index contributed by atoms with van der Waals surface area (Å²) in [5.41, 5.74) is 0.376. The summed E-state index contributed by atoms with van der Waals surface area (Å²) in [5.74, 6) is 2.88. The van der Waals surface area contributed by atoms with Crippen LogP contribution in [-0.2, 0) is 0 Å². The quantitative estimate of drug-likeness (QED) is 0.866. The van der Waals surface area contributed by atoms with Crippen molar-refractivity contribution in [1.82, 2.24) is 10.2 Å². The molecule has 0 amide bonds. The largest absolute Gasteiger partial charge is 0.359 e. The molecule has 0 aromatic rings. The SMILES string of the molecule is CC1CCCC2(CSC(=NCC3CCN(C(C)C)C3)N2)C1. The summed E-state index contributed by atoms with van der Waals surface area (Å²) in [7, 11) is 0. The zero-order chi connectivity index (χ0) is 14.9. The summed E-state index contributed by atoms with van der Waals surface area (Å²) in [6.07, 6.45) is 6.79. The summed E-state index contributed by atoms with van der Waals surface area (Å²) in [6, 6.07) is 0.689. The zero-order valence-electron chi connectivity index (χ0n) is 13.9. The normalized spacial score (nSPS) is 39.5. The molecule has 120 valence electrons. The summed E-state index contributed by atoms with van der Waals surface area (Å²) >= 11 is 1.97. The van der Waals surface area contributed by atoms with Crippen molar-refractivity contribution in [3.63, 3.8) is 0 Å². The molecule has 3 fully saturated rings. The van der Waals surface area contributed by atoms with Crippen molar-refractivity contribution in [1.29, 1.82) is 0 Å². The topological polar surface area (TPSA) is 27.6 Å². The van der Waals surface area contributed by atoms with Crippen LogP contribution in [0.15, 0.2) is 4.99 Å². The molecule has 2 aliphatic heterocycles. The van der Waals surface area contributed by atoms with Gasteiger partial charge in [0.25, 0.3) is 0 Å². The van der Waals surface area contributed by atoms with E-state index in [1.165, 1.54) is 56.1 Å². The van der Waals surface area contributed by atoms with Gasteiger partial charge in [0.05, 0.1) is 0 Å². The van der Waals surface area contributed by atoms with Gasteiger partial charge in [0.1, 0.15) is 0 Å². The lowest BCUT2D eigenvalue weighted by molar-refractivity contribution is 0.242. The highest BCUT2D eigenvalue weighted by Gasteiger charge is 2.40. The van der Waals surface area contributed by atoms with Crippen LogP contribution in [0.2, 0.25) is 0 Å². The van der Waals surface area contributed by atoms with Crippen LogP contribution in [0.25, 0.3) is 0 Å². The Morgan fingerprint density at radius 2 is 2.29 bits per heavy atom. The van der Waals surface area contributed by atoms with Gasteiger partial charge >= 0.3 is 0 Å². The Morgan fingerprint density at radius 3 is 3.00 bits per heavy atom. The van der Waals surface area contributed by atoms with Crippen LogP contribution < -0.4 is 5.32 Å². The maximum atomic E-state index is 4.92. The first-order valence-electron chi connectivity index (χ1n) is 8.76. The average Bonchev–Trinajstić information content (AvgIpc) is 3.04. The fraction of sp³-hybridized carbons (Fsp3) is 0.941. The molecule has 21 heavy (non-hydrogen) atoms. The van der Waals surface area contributed by atoms with E-state index in [1.807, 2.05) is 11.8 Å². The highest BCUT2D eigenvalue weighted by atomic mass is 32.2. The highest BCUT2D eigenvalue weighted by molar-refractivity contribution is 8.14. The second-order valence-corrected chi connectivity index (χ2v) is 8.75. The standard InChI is InChI=1S/C17H31N3S/c1-13(2)20-8-6-15(11-20)10-18-16-19-17(12-21-16)7-4-5-14(3)9-17/h13-15H,4-12H2,1-3H3,(H,18,19). The van der Waals surface area contributed by atoms with Crippen LogP contribution in [-0.4, -0.2) is 47.0 Å². The van der Waals surface area contributed by atoms with Crippen molar-refractivity contribution in [2.24, 2.45) is 16.8 Å². The molecule has 1 aliphatic carbocycles. The molecule has 3 unspecified atom stereocenters. The van der Waals surface area contributed by atoms with Gasteiger partial charge in [-0.25, -0.2) is 0 Å². The predicted molar refractivity (Wildman–Crippen MR) is 93.1 cm³/mol. The zero-order valence-corrected chi connectivity index (χ0v) is 14.7. The highest BCUT2D eigenvalue weighted by Crippen LogP contribution is 2.38. The van der Waals surface area contributed by atoms with Crippen LogP contribution in [0.5, 0.6) is 0 Å². The van der Waals surface area contributed by atoms with E-state index < -0.39 is 0 Å².